The van der Waals surface area contributed by atoms with Gasteiger partial charge >= 0.3 is 17.9 Å². The largest absolute Gasteiger partial charge is 0.478 e. The van der Waals surface area contributed by atoms with E-state index in [0.29, 0.717) is 12.2 Å². The molecule has 0 aromatic carbocycles. The van der Waals surface area contributed by atoms with Gasteiger partial charge in [-0.25, -0.2) is 9.59 Å². The van der Waals surface area contributed by atoms with Crippen LogP contribution >= 0.6 is 0 Å². The van der Waals surface area contributed by atoms with Gasteiger partial charge in [-0.3, -0.25) is 4.79 Å². The van der Waals surface area contributed by atoms with Crippen molar-refractivity contribution in [2.75, 3.05) is 6.61 Å². The fraction of sp³-hybridized carbons (Fsp3) is 0.609. The summed E-state index contributed by atoms with van der Waals surface area (Å²) >= 11 is 0. The summed E-state index contributed by atoms with van der Waals surface area (Å²) in [6.45, 7) is 15.5. The summed E-state index contributed by atoms with van der Waals surface area (Å²) in [5.41, 5.74) is 0.488. The Bertz CT molecular complexity index is 468. The number of carboxylic acid groups (broad SMARTS) is 1. The summed E-state index contributed by atoms with van der Waals surface area (Å²) < 4.78 is 9.20. The summed E-state index contributed by atoms with van der Waals surface area (Å²) in [5, 5.41) is 7.60. The number of aliphatic carboxylic acids is 1. The topological polar surface area (TPSA) is 89.9 Å². The highest BCUT2D eigenvalue weighted by molar-refractivity contribution is 5.86. The second-order valence-electron chi connectivity index (χ2n) is 6.42. The molecule has 0 unspecified atom stereocenters. The van der Waals surface area contributed by atoms with E-state index in [1.54, 1.807) is 6.92 Å². The van der Waals surface area contributed by atoms with Crippen molar-refractivity contribution < 1.29 is 29.0 Å². The Balaban J connectivity index is -0.000000502. The van der Waals surface area contributed by atoms with Gasteiger partial charge in [-0.05, 0) is 13.3 Å². The zero-order valence-electron chi connectivity index (χ0n) is 18.5. The first kappa shape index (κ1) is 31.3. The van der Waals surface area contributed by atoms with Crippen LogP contribution in [-0.2, 0) is 23.9 Å². The Morgan fingerprint density at radius 2 is 1.28 bits per heavy atom. The van der Waals surface area contributed by atoms with Crippen molar-refractivity contribution in [3.63, 3.8) is 0 Å². The van der Waals surface area contributed by atoms with E-state index in [1.807, 2.05) is 0 Å². The van der Waals surface area contributed by atoms with Gasteiger partial charge in [0, 0.05) is 18.6 Å². The van der Waals surface area contributed by atoms with Crippen LogP contribution < -0.4 is 0 Å². The average molecular weight is 413 g/mol. The number of esters is 2. The van der Waals surface area contributed by atoms with Gasteiger partial charge in [0.2, 0.25) is 0 Å². The first-order chi connectivity index (χ1) is 13.7. The van der Waals surface area contributed by atoms with E-state index in [1.165, 1.54) is 64.7 Å². The summed E-state index contributed by atoms with van der Waals surface area (Å²) in [4.78, 5) is 30.1. The van der Waals surface area contributed by atoms with E-state index in [-0.39, 0.29) is 11.9 Å². The van der Waals surface area contributed by atoms with Crippen molar-refractivity contribution in [3.05, 3.63) is 37.6 Å². The molecule has 0 rings (SSSR count). The first-order valence-corrected chi connectivity index (χ1v) is 10.2. The van der Waals surface area contributed by atoms with E-state index in [9.17, 15) is 14.4 Å². The molecule has 0 spiro atoms. The maximum atomic E-state index is 11.1. The maximum absolute atomic E-state index is 11.1. The molecule has 0 aliphatic rings. The molecule has 0 aliphatic heterocycles. The molecular formula is C23H40O6. The second kappa shape index (κ2) is 25.6. The number of unbranched alkanes of at least 4 members (excludes halogenated alkanes) is 9. The molecule has 6 nitrogen and oxygen atoms in total. The number of hydrogen-bond donors (Lipinski definition) is 1. The zero-order chi connectivity index (χ0) is 22.9. The second-order valence-corrected chi connectivity index (χ2v) is 6.42. The Hall–Kier alpha value is -2.37. The smallest absolute Gasteiger partial charge is 0.333 e. The predicted octanol–water partition coefficient (Wildman–Crippen LogP) is 5.98. The lowest BCUT2D eigenvalue weighted by molar-refractivity contribution is -0.139. The van der Waals surface area contributed by atoms with Crippen LogP contribution in [0.25, 0.3) is 0 Å². The molecule has 168 valence electrons. The molecule has 6 heteroatoms. The molecule has 0 aliphatic carbocycles. The average Bonchev–Trinajstić information content (AvgIpc) is 2.66. The fourth-order valence-electron chi connectivity index (χ4n) is 1.99. The summed E-state index contributed by atoms with van der Waals surface area (Å²) in [6, 6.07) is 0. The molecule has 0 aromatic rings. The van der Waals surface area contributed by atoms with Gasteiger partial charge in [-0.2, -0.15) is 0 Å². The molecule has 0 saturated heterocycles. The molecule has 0 heterocycles. The Morgan fingerprint density at radius 1 is 0.862 bits per heavy atom. The minimum absolute atomic E-state index is 0.258. The normalized spacial score (nSPS) is 8.93. The Morgan fingerprint density at radius 3 is 1.55 bits per heavy atom. The number of carboxylic acids is 1. The molecule has 29 heavy (non-hydrogen) atoms. The molecular weight excluding hydrogens is 372 g/mol. The monoisotopic (exact) mass is 412 g/mol. The standard InChI is InChI=1S/C16H30O2.C4H6O2.C3H4O2/c1-4-5-6-7-8-9-10-11-12-13-14-18-16(17)15(2)3;1-3-6-4(2)5;1-2-3(4)5/h2,4-14H2,1,3H3;3H,1H2,2H3;2H,1H2,(H,4,5). The first-order valence-electron chi connectivity index (χ1n) is 10.2. The highest BCUT2D eigenvalue weighted by Crippen LogP contribution is 2.10. The highest BCUT2D eigenvalue weighted by atomic mass is 16.5. The zero-order valence-corrected chi connectivity index (χ0v) is 18.5. The predicted molar refractivity (Wildman–Crippen MR) is 117 cm³/mol. The van der Waals surface area contributed by atoms with Gasteiger partial charge in [0.05, 0.1) is 12.9 Å². The van der Waals surface area contributed by atoms with Crippen molar-refractivity contribution in [2.45, 2.75) is 85.0 Å². The van der Waals surface area contributed by atoms with Crippen LogP contribution in [0.15, 0.2) is 37.6 Å². The van der Waals surface area contributed by atoms with Gasteiger partial charge in [-0.1, -0.05) is 84.4 Å². The molecule has 0 amide bonds. The summed E-state index contributed by atoms with van der Waals surface area (Å²) in [5.74, 6) is -1.57. The van der Waals surface area contributed by atoms with E-state index in [0.717, 1.165) is 18.8 Å². The van der Waals surface area contributed by atoms with E-state index in [2.05, 4.69) is 31.4 Å². The van der Waals surface area contributed by atoms with Crippen LogP contribution in [0.4, 0.5) is 0 Å². The van der Waals surface area contributed by atoms with Crippen LogP contribution in [0.5, 0.6) is 0 Å². The van der Waals surface area contributed by atoms with Gasteiger partial charge in [0.25, 0.3) is 0 Å². The molecule has 0 aromatic heterocycles. The quantitative estimate of drug-likeness (QED) is 0.163. The number of carbonyl (C=O) groups is 3. The number of rotatable bonds is 14. The number of carbonyl (C=O) groups excluding carboxylic acids is 2. The van der Waals surface area contributed by atoms with Crippen LogP contribution in [0, 0.1) is 0 Å². The third kappa shape index (κ3) is 37.1. The van der Waals surface area contributed by atoms with Crippen molar-refractivity contribution in [2.24, 2.45) is 0 Å². The third-order valence-corrected chi connectivity index (χ3v) is 3.50. The van der Waals surface area contributed by atoms with Crippen LogP contribution in [0.3, 0.4) is 0 Å². The molecule has 1 N–H and O–H groups in total. The van der Waals surface area contributed by atoms with Crippen LogP contribution in [0.2, 0.25) is 0 Å². The molecule has 0 fully saturated rings. The van der Waals surface area contributed by atoms with Crippen molar-refractivity contribution in [3.8, 4) is 0 Å². The van der Waals surface area contributed by atoms with E-state index >= 15 is 0 Å². The molecule has 0 radical (unpaired) electrons. The lowest BCUT2D eigenvalue weighted by Gasteiger charge is -2.04. The molecule has 0 saturated carbocycles. The van der Waals surface area contributed by atoms with Crippen LogP contribution in [0.1, 0.15) is 85.0 Å². The van der Waals surface area contributed by atoms with Gasteiger partial charge in [0.1, 0.15) is 0 Å². The van der Waals surface area contributed by atoms with Gasteiger partial charge < -0.3 is 14.6 Å². The minimum Gasteiger partial charge on any atom is -0.478 e. The van der Waals surface area contributed by atoms with E-state index in [4.69, 9.17) is 9.84 Å². The summed E-state index contributed by atoms with van der Waals surface area (Å²) in [6.07, 6.45) is 14.9. The lowest BCUT2D eigenvalue weighted by Crippen LogP contribution is -2.05. The number of hydrogen-bond acceptors (Lipinski definition) is 5. The fourth-order valence-corrected chi connectivity index (χ4v) is 1.99. The van der Waals surface area contributed by atoms with E-state index < -0.39 is 5.97 Å². The molecule has 0 atom stereocenters. The third-order valence-electron chi connectivity index (χ3n) is 3.50. The number of ether oxygens (including phenoxy) is 2. The van der Waals surface area contributed by atoms with Crippen molar-refractivity contribution in [1.29, 1.82) is 0 Å². The summed E-state index contributed by atoms with van der Waals surface area (Å²) in [7, 11) is 0. The van der Waals surface area contributed by atoms with Crippen molar-refractivity contribution in [1.82, 2.24) is 0 Å². The minimum atomic E-state index is -0.981. The lowest BCUT2D eigenvalue weighted by atomic mass is 10.1. The van der Waals surface area contributed by atoms with Crippen LogP contribution in [-0.4, -0.2) is 29.6 Å². The SMILES string of the molecule is C=C(C)C(=O)OCCCCCCCCCCCC.C=CC(=O)O.C=COC(C)=O. The Kier molecular flexibility index (Phi) is 27.7. The van der Waals surface area contributed by atoms with Crippen molar-refractivity contribution >= 4 is 17.9 Å². The van der Waals surface area contributed by atoms with Gasteiger partial charge in [0.15, 0.2) is 0 Å². The maximum Gasteiger partial charge on any atom is 0.333 e. The Labute approximate surface area is 176 Å². The molecule has 0 bridgehead atoms. The van der Waals surface area contributed by atoms with Gasteiger partial charge in [-0.15, -0.1) is 0 Å². The highest BCUT2D eigenvalue weighted by Gasteiger charge is 2.01.